The minimum atomic E-state index is 0.437. The highest BCUT2D eigenvalue weighted by molar-refractivity contribution is 6.15. The van der Waals surface area contributed by atoms with Crippen LogP contribution in [0.5, 0.6) is 0 Å². The summed E-state index contributed by atoms with van der Waals surface area (Å²) in [5.41, 5.74) is 8.61. The Morgan fingerprint density at radius 1 is 0.221 bits per heavy atom. The first-order valence-electron chi connectivity index (χ1n) is 22.6. The van der Waals surface area contributed by atoms with Gasteiger partial charge >= 0.3 is 0 Å². The number of benzene rings is 10. The maximum absolute atomic E-state index is 5.47. The van der Waals surface area contributed by atoms with Gasteiger partial charge in [0.15, 0.2) is 29.1 Å². The van der Waals surface area contributed by atoms with E-state index < -0.39 is 0 Å². The lowest BCUT2D eigenvalue weighted by atomic mass is 9.94. The summed E-state index contributed by atoms with van der Waals surface area (Å²) in [5.74, 6) is 2.75. The Morgan fingerprint density at radius 2 is 0.647 bits per heavy atom. The number of hydrogen-bond donors (Lipinski definition) is 0. The van der Waals surface area contributed by atoms with Gasteiger partial charge in [-0.3, -0.25) is 0 Å². The zero-order chi connectivity index (χ0) is 45.0. The van der Waals surface area contributed by atoms with Gasteiger partial charge in [-0.25, -0.2) is 34.9 Å². The molecule has 316 valence electrons. The van der Waals surface area contributed by atoms with Crippen molar-refractivity contribution in [1.82, 2.24) is 34.9 Å². The molecular weight excluding hydrogens is 831 g/mol. The van der Waals surface area contributed by atoms with Crippen LogP contribution in [-0.4, -0.2) is 34.9 Å². The Kier molecular flexibility index (Phi) is 9.35. The first-order chi connectivity index (χ1) is 33.7. The normalized spacial score (nSPS) is 11.5. The fourth-order valence-electron chi connectivity index (χ4n) is 9.45. The zero-order valence-corrected chi connectivity index (χ0v) is 36.5. The van der Waals surface area contributed by atoms with Crippen molar-refractivity contribution in [2.45, 2.75) is 0 Å². The third-order valence-electron chi connectivity index (χ3n) is 12.7. The van der Waals surface area contributed by atoms with Gasteiger partial charge in [0.1, 0.15) is 5.69 Å². The Balaban J connectivity index is 1.02. The molecule has 7 nitrogen and oxygen atoms in total. The van der Waals surface area contributed by atoms with Crippen molar-refractivity contribution in [3.05, 3.63) is 224 Å². The predicted octanol–water partition coefficient (Wildman–Crippen LogP) is 14.9. The highest BCUT2D eigenvalue weighted by Gasteiger charge is 2.21. The van der Waals surface area contributed by atoms with Crippen LogP contribution in [0.15, 0.2) is 224 Å². The van der Waals surface area contributed by atoms with E-state index in [0.29, 0.717) is 34.8 Å². The lowest BCUT2D eigenvalue weighted by Crippen LogP contribution is -2.03. The molecule has 0 spiro atoms. The SMILES string of the molecule is c1ccc(-c2nc(-c3ccc(-c4nc(-c5ccccc5)nc5ccccc45)cc3)nc(-c3cc(-c4cc5ccccc5c5ccccc45)nc(-c4cc5ccccc5c5ccccc45)n3)n2)cc1. The van der Waals surface area contributed by atoms with Crippen LogP contribution < -0.4 is 0 Å². The standard InChI is InChI=1S/C61H37N7/c1-3-17-39(18-4-1)57-62-53-30-16-15-29-50(53)56(65-57)38-31-33-41(34-32-38)59-66-58(40-19-5-2-6-20-40)67-61(68-59)55-37-54(51-35-42-21-7-9-23-44(42)46-25-11-13-27-48(46)51)63-60(64-55)52-36-43-22-8-10-24-45(43)47-26-12-14-28-49(47)52/h1-37H. The van der Waals surface area contributed by atoms with Crippen molar-refractivity contribution >= 4 is 54.0 Å². The van der Waals surface area contributed by atoms with Gasteiger partial charge in [-0.15, -0.1) is 0 Å². The zero-order valence-electron chi connectivity index (χ0n) is 36.5. The van der Waals surface area contributed by atoms with Gasteiger partial charge in [-0.05, 0) is 67.4 Å². The van der Waals surface area contributed by atoms with E-state index in [1.54, 1.807) is 0 Å². The summed E-state index contributed by atoms with van der Waals surface area (Å²) >= 11 is 0. The van der Waals surface area contributed by atoms with Crippen molar-refractivity contribution < 1.29 is 0 Å². The molecule has 0 aliphatic heterocycles. The monoisotopic (exact) mass is 867 g/mol. The van der Waals surface area contributed by atoms with Crippen molar-refractivity contribution in [1.29, 1.82) is 0 Å². The summed E-state index contributed by atoms with van der Waals surface area (Å²) in [6, 6.07) is 77.1. The lowest BCUT2D eigenvalue weighted by Gasteiger charge is -2.15. The highest BCUT2D eigenvalue weighted by atomic mass is 15.1. The molecule has 7 heteroatoms. The summed E-state index contributed by atoms with van der Waals surface area (Å²) in [6.45, 7) is 0. The van der Waals surface area contributed by atoms with Gasteiger partial charge < -0.3 is 0 Å². The van der Waals surface area contributed by atoms with Crippen LogP contribution in [0.2, 0.25) is 0 Å². The van der Waals surface area contributed by atoms with E-state index >= 15 is 0 Å². The maximum atomic E-state index is 5.47. The van der Waals surface area contributed by atoms with E-state index in [-0.39, 0.29) is 0 Å². The lowest BCUT2D eigenvalue weighted by molar-refractivity contribution is 1.05. The fourth-order valence-corrected chi connectivity index (χ4v) is 9.45. The Morgan fingerprint density at radius 3 is 1.26 bits per heavy atom. The molecule has 0 amide bonds. The van der Waals surface area contributed by atoms with Crippen LogP contribution in [0.25, 0.3) is 134 Å². The van der Waals surface area contributed by atoms with Gasteiger partial charge in [0, 0.05) is 38.8 Å². The first-order valence-corrected chi connectivity index (χ1v) is 22.6. The Bertz CT molecular complexity index is 3940. The summed E-state index contributed by atoms with van der Waals surface area (Å²) in [6.07, 6.45) is 0. The summed E-state index contributed by atoms with van der Waals surface area (Å²) in [5, 5.41) is 10.0. The molecule has 0 fully saturated rings. The summed E-state index contributed by atoms with van der Waals surface area (Å²) in [7, 11) is 0. The molecule has 0 unspecified atom stereocenters. The molecule has 68 heavy (non-hydrogen) atoms. The van der Waals surface area contributed by atoms with E-state index in [1.807, 2.05) is 84.9 Å². The van der Waals surface area contributed by atoms with E-state index in [4.69, 9.17) is 34.9 Å². The summed E-state index contributed by atoms with van der Waals surface area (Å²) in [4.78, 5) is 36.5. The number of aromatic nitrogens is 7. The fraction of sp³-hybridized carbons (Fsp3) is 0. The van der Waals surface area contributed by atoms with Crippen LogP contribution in [0, 0.1) is 0 Å². The molecule has 0 N–H and O–H groups in total. The van der Waals surface area contributed by atoms with Crippen molar-refractivity contribution in [2.75, 3.05) is 0 Å². The van der Waals surface area contributed by atoms with Crippen LogP contribution >= 0.6 is 0 Å². The largest absolute Gasteiger partial charge is 0.228 e. The molecule has 0 aliphatic carbocycles. The number of hydrogen-bond acceptors (Lipinski definition) is 7. The molecule has 10 aromatic carbocycles. The van der Waals surface area contributed by atoms with E-state index in [9.17, 15) is 0 Å². The summed E-state index contributed by atoms with van der Waals surface area (Å²) < 4.78 is 0. The van der Waals surface area contributed by atoms with E-state index in [0.717, 1.165) is 88.0 Å². The molecule has 3 heterocycles. The van der Waals surface area contributed by atoms with Crippen molar-refractivity contribution in [3.8, 4) is 79.6 Å². The second-order valence-corrected chi connectivity index (χ2v) is 16.9. The molecule has 0 bridgehead atoms. The quantitative estimate of drug-likeness (QED) is 0.147. The third-order valence-corrected chi connectivity index (χ3v) is 12.7. The average Bonchev–Trinajstić information content (AvgIpc) is 3.42. The minimum Gasteiger partial charge on any atom is -0.228 e. The van der Waals surface area contributed by atoms with Gasteiger partial charge in [-0.1, -0.05) is 200 Å². The van der Waals surface area contributed by atoms with Crippen LogP contribution in [0.3, 0.4) is 0 Å². The van der Waals surface area contributed by atoms with E-state index in [2.05, 4.69) is 140 Å². The highest BCUT2D eigenvalue weighted by Crippen LogP contribution is 2.39. The molecule has 3 aromatic heterocycles. The molecule has 0 atom stereocenters. The smallest absolute Gasteiger partial charge is 0.182 e. The average molecular weight is 868 g/mol. The maximum Gasteiger partial charge on any atom is 0.182 e. The Hall–Kier alpha value is -9.33. The van der Waals surface area contributed by atoms with Gasteiger partial charge in [0.05, 0.1) is 16.9 Å². The second-order valence-electron chi connectivity index (χ2n) is 16.9. The van der Waals surface area contributed by atoms with Gasteiger partial charge in [0.25, 0.3) is 0 Å². The number of nitrogens with zero attached hydrogens (tertiary/aromatic N) is 7. The molecule has 13 rings (SSSR count). The number of rotatable bonds is 7. The topological polar surface area (TPSA) is 90.2 Å². The molecule has 0 aliphatic rings. The minimum absolute atomic E-state index is 0.437. The molecule has 13 aromatic rings. The molecule has 0 saturated carbocycles. The number of para-hydroxylation sites is 1. The number of fused-ring (bicyclic) bond motifs is 7. The van der Waals surface area contributed by atoms with E-state index in [1.165, 1.54) is 10.8 Å². The van der Waals surface area contributed by atoms with Crippen molar-refractivity contribution in [3.63, 3.8) is 0 Å². The molecule has 0 radical (unpaired) electrons. The predicted molar refractivity (Wildman–Crippen MR) is 277 cm³/mol. The van der Waals surface area contributed by atoms with Gasteiger partial charge in [0.2, 0.25) is 0 Å². The third kappa shape index (κ3) is 6.89. The Labute approximate surface area is 391 Å². The first kappa shape index (κ1) is 39.1. The van der Waals surface area contributed by atoms with Crippen LogP contribution in [0.4, 0.5) is 0 Å². The molecular formula is C61H37N7. The molecule has 0 saturated heterocycles. The van der Waals surface area contributed by atoms with Crippen molar-refractivity contribution in [2.24, 2.45) is 0 Å². The van der Waals surface area contributed by atoms with Crippen LogP contribution in [0.1, 0.15) is 0 Å². The van der Waals surface area contributed by atoms with Crippen LogP contribution in [-0.2, 0) is 0 Å². The van der Waals surface area contributed by atoms with Gasteiger partial charge in [-0.2, -0.15) is 0 Å². The second kappa shape index (κ2) is 16.3.